The molecule has 0 spiro atoms. The second kappa shape index (κ2) is 6.94. The number of benzene rings is 1. The van der Waals surface area contributed by atoms with Gasteiger partial charge in [-0.1, -0.05) is 17.9 Å². The molecule has 27 heavy (non-hydrogen) atoms. The first-order valence-corrected chi connectivity index (χ1v) is 9.68. The quantitative estimate of drug-likeness (QED) is 0.415. The van der Waals surface area contributed by atoms with Gasteiger partial charge in [-0.3, -0.25) is 33.6 Å². The Morgan fingerprint density at radius 1 is 1.22 bits per heavy atom. The first kappa shape index (κ1) is 18.8. The first-order chi connectivity index (χ1) is 12.7. The van der Waals surface area contributed by atoms with Crippen molar-refractivity contribution in [3.63, 3.8) is 0 Å². The standard InChI is InChI=1S/C17H14N2O7S/c1-27(24,25)26-9-3-5-10-4-2-6-11-14(10)17(23)19(16(11)22)12-7-8-13(20)18-15(12)21/h2,4,6,12H,7-9H2,1H3,(H,18,20,21). The Balaban J connectivity index is 1.90. The molecule has 1 unspecified atom stereocenters. The number of rotatable bonds is 3. The number of nitrogens with one attached hydrogen (secondary N) is 1. The van der Waals surface area contributed by atoms with Crippen molar-refractivity contribution >= 4 is 33.7 Å². The summed E-state index contributed by atoms with van der Waals surface area (Å²) in [4.78, 5) is 49.6. The zero-order valence-corrected chi connectivity index (χ0v) is 15.0. The molecule has 1 atom stereocenters. The predicted octanol–water partition coefficient (Wildman–Crippen LogP) is -0.584. The Bertz CT molecular complexity index is 1030. The number of fused-ring (bicyclic) bond motifs is 1. The summed E-state index contributed by atoms with van der Waals surface area (Å²) in [5, 5.41) is 2.12. The van der Waals surface area contributed by atoms with E-state index in [2.05, 4.69) is 21.3 Å². The Morgan fingerprint density at radius 2 is 1.96 bits per heavy atom. The lowest BCUT2D eigenvalue weighted by molar-refractivity contribution is -0.136. The van der Waals surface area contributed by atoms with Crippen molar-refractivity contribution in [3.8, 4) is 11.8 Å². The van der Waals surface area contributed by atoms with Crippen molar-refractivity contribution in [2.45, 2.75) is 18.9 Å². The van der Waals surface area contributed by atoms with E-state index in [1.54, 1.807) is 0 Å². The second-order valence-electron chi connectivity index (χ2n) is 5.94. The summed E-state index contributed by atoms with van der Waals surface area (Å²) in [6, 6.07) is 3.41. The molecule has 2 heterocycles. The number of amides is 4. The Hall–Kier alpha value is -3.03. The molecule has 2 aliphatic rings. The normalized spacial score (nSPS) is 19.4. The van der Waals surface area contributed by atoms with Crippen molar-refractivity contribution in [2.75, 3.05) is 12.9 Å². The monoisotopic (exact) mass is 390 g/mol. The Kier molecular flexibility index (Phi) is 4.82. The summed E-state index contributed by atoms with van der Waals surface area (Å²) in [7, 11) is -3.65. The highest BCUT2D eigenvalue weighted by Crippen LogP contribution is 2.29. The minimum atomic E-state index is -3.65. The molecule has 0 bridgehead atoms. The molecule has 1 saturated heterocycles. The summed E-state index contributed by atoms with van der Waals surface area (Å²) in [5.74, 6) is 2.62. The van der Waals surface area contributed by atoms with Crippen molar-refractivity contribution in [3.05, 3.63) is 34.9 Å². The van der Waals surface area contributed by atoms with Gasteiger partial charge in [-0.25, -0.2) is 0 Å². The van der Waals surface area contributed by atoms with E-state index in [4.69, 9.17) is 0 Å². The topological polar surface area (TPSA) is 127 Å². The molecule has 1 N–H and O–H groups in total. The maximum absolute atomic E-state index is 12.8. The van der Waals surface area contributed by atoms with Gasteiger partial charge in [-0.05, 0) is 18.6 Å². The summed E-state index contributed by atoms with van der Waals surface area (Å²) in [5.41, 5.74) is 0.359. The molecule has 1 aromatic carbocycles. The highest BCUT2D eigenvalue weighted by Gasteiger charge is 2.45. The van der Waals surface area contributed by atoms with Gasteiger partial charge in [0, 0.05) is 12.0 Å². The molecular formula is C17H14N2O7S. The van der Waals surface area contributed by atoms with E-state index in [1.165, 1.54) is 18.2 Å². The van der Waals surface area contributed by atoms with Gasteiger partial charge < -0.3 is 0 Å². The van der Waals surface area contributed by atoms with Crippen LogP contribution in [0.25, 0.3) is 0 Å². The molecule has 0 aromatic heterocycles. The smallest absolute Gasteiger partial charge is 0.265 e. The third kappa shape index (κ3) is 3.74. The summed E-state index contributed by atoms with van der Waals surface area (Å²) in [6.45, 7) is -0.401. The van der Waals surface area contributed by atoms with Gasteiger partial charge in [0.25, 0.3) is 21.9 Å². The fraction of sp³-hybridized carbons (Fsp3) is 0.294. The SMILES string of the molecule is CS(=O)(=O)OCC#Cc1cccc2c1C(=O)N(C1CCC(=O)NC1=O)C2=O. The van der Waals surface area contributed by atoms with E-state index in [1.807, 2.05) is 0 Å². The van der Waals surface area contributed by atoms with Crippen LogP contribution in [0.5, 0.6) is 0 Å². The maximum Gasteiger partial charge on any atom is 0.265 e. The van der Waals surface area contributed by atoms with E-state index >= 15 is 0 Å². The van der Waals surface area contributed by atoms with Gasteiger partial charge in [0.2, 0.25) is 11.8 Å². The Labute approximate surface area is 154 Å². The summed E-state index contributed by atoms with van der Waals surface area (Å²) in [6.07, 6.45) is 0.966. The molecule has 9 nitrogen and oxygen atoms in total. The number of hydrogen-bond acceptors (Lipinski definition) is 7. The van der Waals surface area contributed by atoms with Gasteiger partial charge in [0.1, 0.15) is 12.6 Å². The molecule has 10 heteroatoms. The van der Waals surface area contributed by atoms with Crippen molar-refractivity contribution < 1.29 is 31.8 Å². The second-order valence-corrected chi connectivity index (χ2v) is 7.59. The van der Waals surface area contributed by atoms with E-state index in [9.17, 15) is 27.6 Å². The molecule has 1 fully saturated rings. The van der Waals surface area contributed by atoms with Crippen molar-refractivity contribution in [2.24, 2.45) is 0 Å². The minimum Gasteiger partial charge on any atom is -0.295 e. The lowest BCUT2D eigenvalue weighted by Gasteiger charge is -2.27. The van der Waals surface area contributed by atoms with E-state index in [0.29, 0.717) is 0 Å². The Morgan fingerprint density at radius 3 is 2.63 bits per heavy atom. The number of carbonyl (C=O) groups excluding carboxylic acids is 4. The van der Waals surface area contributed by atoms with Crippen LogP contribution in [-0.4, -0.2) is 55.9 Å². The molecule has 3 rings (SSSR count). The molecular weight excluding hydrogens is 376 g/mol. The van der Waals surface area contributed by atoms with Gasteiger partial charge in [0.15, 0.2) is 0 Å². The van der Waals surface area contributed by atoms with Crippen molar-refractivity contribution in [1.82, 2.24) is 10.2 Å². The average Bonchev–Trinajstić information content (AvgIpc) is 2.83. The molecule has 4 amide bonds. The fourth-order valence-electron chi connectivity index (χ4n) is 2.89. The summed E-state index contributed by atoms with van der Waals surface area (Å²) >= 11 is 0. The van der Waals surface area contributed by atoms with Gasteiger partial charge in [-0.2, -0.15) is 8.42 Å². The average molecular weight is 390 g/mol. The first-order valence-electron chi connectivity index (χ1n) is 7.87. The van der Waals surface area contributed by atoms with Crippen LogP contribution in [0.15, 0.2) is 18.2 Å². The highest BCUT2D eigenvalue weighted by atomic mass is 32.2. The van der Waals surface area contributed by atoms with E-state index < -0.39 is 46.4 Å². The fourth-order valence-corrected chi connectivity index (χ4v) is 3.16. The van der Waals surface area contributed by atoms with Gasteiger partial charge in [0.05, 0.1) is 17.4 Å². The van der Waals surface area contributed by atoms with Crippen LogP contribution in [0, 0.1) is 11.8 Å². The van der Waals surface area contributed by atoms with E-state index in [-0.39, 0.29) is 29.5 Å². The van der Waals surface area contributed by atoms with Crippen LogP contribution in [0.4, 0.5) is 0 Å². The molecule has 0 saturated carbocycles. The van der Waals surface area contributed by atoms with Gasteiger partial charge in [-0.15, -0.1) is 0 Å². The number of piperidine rings is 1. The van der Waals surface area contributed by atoms with Crippen LogP contribution in [0.3, 0.4) is 0 Å². The van der Waals surface area contributed by atoms with Crippen molar-refractivity contribution in [1.29, 1.82) is 0 Å². The molecule has 1 aromatic rings. The van der Waals surface area contributed by atoms with Crippen LogP contribution in [0.1, 0.15) is 39.1 Å². The van der Waals surface area contributed by atoms with Crippen LogP contribution < -0.4 is 5.32 Å². The lowest BCUT2D eigenvalue weighted by atomic mass is 10.0. The largest absolute Gasteiger partial charge is 0.295 e. The van der Waals surface area contributed by atoms with Gasteiger partial charge >= 0.3 is 0 Å². The molecule has 0 radical (unpaired) electrons. The third-order valence-electron chi connectivity index (χ3n) is 4.04. The van der Waals surface area contributed by atoms with Crippen LogP contribution in [-0.2, 0) is 23.9 Å². The predicted molar refractivity (Wildman–Crippen MR) is 90.8 cm³/mol. The summed E-state index contributed by atoms with van der Waals surface area (Å²) < 4.78 is 26.4. The number of hydrogen-bond donors (Lipinski definition) is 1. The molecule has 2 aliphatic heterocycles. The number of nitrogens with zero attached hydrogens (tertiary/aromatic N) is 1. The zero-order valence-electron chi connectivity index (χ0n) is 14.1. The minimum absolute atomic E-state index is 0.0271. The lowest BCUT2D eigenvalue weighted by Crippen LogP contribution is -2.54. The third-order valence-corrected chi connectivity index (χ3v) is 4.58. The number of imide groups is 2. The van der Waals surface area contributed by atoms with E-state index in [0.717, 1.165) is 11.2 Å². The number of carbonyl (C=O) groups is 4. The molecule has 140 valence electrons. The molecule has 0 aliphatic carbocycles. The zero-order chi connectivity index (χ0) is 19.8. The highest BCUT2D eigenvalue weighted by molar-refractivity contribution is 7.86. The maximum atomic E-state index is 12.8. The van der Waals surface area contributed by atoms with Crippen LogP contribution >= 0.6 is 0 Å². The van der Waals surface area contributed by atoms with Crippen LogP contribution in [0.2, 0.25) is 0 Å².